The molecule has 2 amide bonds. The Kier molecular flexibility index (Phi) is 6.15. The van der Waals surface area contributed by atoms with Crippen molar-refractivity contribution in [2.75, 3.05) is 0 Å². The zero-order valence-electron chi connectivity index (χ0n) is 18.3. The molecule has 1 fully saturated rings. The van der Waals surface area contributed by atoms with Crippen molar-refractivity contribution in [1.82, 2.24) is 9.47 Å². The summed E-state index contributed by atoms with van der Waals surface area (Å²) in [6, 6.07) is 21.5. The van der Waals surface area contributed by atoms with E-state index in [1.54, 1.807) is 24.3 Å². The van der Waals surface area contributed by atoms with Crippen molar-refractivity contribution in [3.8, 4) is 0 Å². The molecule has 0 radical (unpaired) electrons. The van der Waals surface area contributed by atoms with Crippen LogP contribution in [0.15, 0.2) is 83.9 Å². The van der Waals surface area contributed by atoms with Crippen molar-refractivity contribution in [2.24, 2.45) is 0 Å². The van der Waals surface area contributed by atoms with Crippen LogP contribution in [0.2, 0.25) is 5.02 Å². The van der Waals surface area contributed by atoms with Gasteiger partial charge in [0, 0.05) is 45.9 Å². The van der Waals surface area contributed by atoms with E-state index in [2.05, 4.69) is 4.57 Å². The van der Waals surface area contributed by atoms with Crippen LogP contribution in [-0.4, -0.2) is 25.5 Å². The average molecular weight is 504 g/mol. The van der Waals surface area contributed by atoms with Crippen LogP contribution in [0.4, 0.5) is 10.5 Å². The van der Waals surface area contributed by atoms with Gasteiger partial charge in [0.15, 0.2) is 0 Å². The van der Waals surface area contributed by atoms with Crippen molar-refractivity contribution in [2.45, 2.75) is 13.1 Å². The van der Waals surface area contributed by atoms with E-state index < -0.39 is 16.1 Å². The zero-order chi connectivity index (χ0) is 24.5. The highest BCUT2D eigenvalue weighted by atomic mass is 35.5. The van der Waals surface area contributed by atoms with E-state index in [1.165, 1.54) is 6.07 Å². The fourth-order valence-electron chi connectivity index (χ4n) is 4.10. The molecule has 1 aromatic heterocycles. The highest BCUT2D eigenvalue weighted by Gasteiger charge is 2.36. The van der Waals surface area contributed by atoms with E-state index in [0.29, 0.717) is 17.1 Å². The van der Waals surface area contributed by atoms with Crippen molar-refractivity contribution < 1.29 is 14.5 Å². The second-order valence-corrected chi connectivity index (χ2v) is 9.37. The second kappa shape index (κ2) is 9.40. The van der Waals surface area contributed by atoms with Gasteiger partial charge < -0.3 is 4.57 Å². The van der Waals surface area contributed by atoms with Crippen LogP contribution in [0.5, 0.6) is 0 Å². The highest BCUT2D eigenvalue weighted by Crippen LogP contribution is 2.36. The fourth-order valence-corrected chi connectivity index (χ4v) is 5.13. The summed E-state index contributed by atoms with van der Waals surface area (Å²) in [5.74, 6) is -0.471. The Morgan fingerprint density at radius 1 is 0.914 bits per heavy atom. The van der Waals surface area contributed by atoms with Gasteiger partial charge in [-0.2, -0.15) is 0 Å². The smallest absolute Gasteiger partial charge is 0.293 e. The summed E-state index contributed by atoms with van der Waals surface area (Å²) in [7, 11) is 0. The van der Waals surface area contributed by atoms with Crippen LogP contribution in [0.25, 0.3) is 17.0 Å². The average Bonchev–Trinajstić information content (AvgIpc) is 3.33. The Morgan fingerprint density at radius 3 is 2.37 bits per heavy atom. The monoisotopic (exact) mass is 503 g/mol. The van der Waals surface area contributed by atoms with Crippen LogP contribution < -0.4 is 0 Å². The van der Waals surface area contributed by atoms with Gasteiger partial charge in [-0.05, 0) is 35.5 Å². The number of amides is 2. The molecule has 7 nitrogen and oxygen atoms in total. The number of rotatable bonds is 6. The largest absolute Gasteiger partial charge is 0.342 e. The first kappa shape index (κ1) is 22.9. The number of hydrogen-bond donors (Lipinski definition) is 0. The number of thioether (sulfide) groups is 1. The van der Waals surface area contributed by atoms with E-state index in [-0.39, 0.29) is 17.1 Å². The third kappa shape index (κ3) is 4.45. The summed E-state index contributed by atoms with van der Waals surface area (Å²) in [4.78, 5) is 37.9. The quantitative estimate of drug-likeness (QED) is 0.170. The molecule has 1 aliphatic heterocycles. The van der Waals surface area contributed by atoms with Gasteiger partial charge >= 0.3 is 0 Å². The van der Waals surface area contributed by atoms with E-state index in [1.807, 2.05) is 54.7 Å². The number of carbonyl (C=O) groups is 2. The number of halogens is 1. The Bertz CT molecular complexity index is 1530. The summed E-state index contributed by atoms with van der Waals surface area (Å²) in [5, 5.41) is 12.5. The third-order valence-electron chi connectivity index (χ3n) is 5.79. The molecule has 0 saturated carbocycles. The highest BCUT2D eigenvalue weighted by molar-refractivity contribution is 8.18. The minimum absolute atomic E-state index is 0.127. The Labute approximate surface area is 209 Å². The molecule has 0 unspecified atom stereocenters. The standard InChI is InChI=1S/C26H18ClN3O4S/c27-21-10-4-1-7-17(21)14-28-15-19(20-9-3-6-12-23(20)28)13-24-25(31)29(26(32)35-24)16-18-8-2-5-11-22(18)30(33)34/h1-13,15H,14,16H2/b24-13+. The topological polar surface area (TPSA) is 85.5 Å². The van der Waals surface area contributed by atoms with Gasteiger partial charge in [-0.1, -0.05) is 66.2 Å². The van der Waals surface area contributed by atoms with Crippen LogP contribution in [0.1, 0.15) is 16.7 Å². The lowest BCUT2D eigenvalue weighted by molar-refractivity contribution is -0.385. The van der Waals surface area contributed by atoms with Crippen molar-refractivity contribution in [1.29, 1.82) is 0 Å². The molecule has 35 heavy (non-hydrogen) atoms. The lowest BCUT2D eigenvalue weighted by Crippen LogP contribution is -2.27. The predicted octanol–water partition coefficient (Wildman–Crippen LogP) is 6.49. The molecule has 174 valence electrons. The molecule has 0 N–H and O–H groups in total. The van der Waals surface area contributed by atoms with Gasteiger partial charge in [0.25, 0.3) is 16.8 Å². The summed E-state index contributed by atoms with van der Waals surface area (Å²) >= 11 is 7.19. The van der Waals surface area contributed by atoms with Gasteiger partial charge in [0.1, 0.15) is 0 Å². The summed E-state index contributed by atoms with van der Waals surface area (Å²) in [6.45, 7) is 0.389. The number of nitro groups is 1. The normalized spacial score (nSPS) is 14.9. The SMILES string of the molecule is O=C1S/C(=C/c2cn(Cc3ccccc3Cl)c3ccccc23)C(=O)N1Cc1ccccc1[N+](=O)[O-]. The lowest BCUT2D eigenvalue weighted by atomic mass is 10.1. The summed E-state index contributed by atoms with van der Waals surface area (Å²) < 4.78 is 2.06. The predicted molar refractivity (Wildman–Crippen MR) is 137 cm³/mol. The molecule has 5 rings (SSSR count). The number of imide groups is 1. The van der Waals surface area contributed by atoms with Crippen molar-refractivity contribution in [3.05, 3.63) is 116 Å². The van der Waals surface area contributed by atoms with Crippen LogP contribution >= 0.6 is 23.4 Å². The molecule has 0 spiro atoms. The minimum atomic E-state index is -0.516. The second-order valence-electron chi connectivity index (χ2n) is 7.97. The summed E-state index contributed by atoms with van der Waals surface area (Å²) in [5.41, 5.74) is 2.91. The van der Waals surface area contributed by atoms with Gasteiger partial charge in [-0.25, -0.2) is 0 Å². The molecule has 0 atom stereocenters. The number of carbonyl (C=O) groups excluding carboxylic acids is 2. The van der Waals surface area contributed by atoms with E-state index >= 15 is 0 Å². The maximum Gasteiger partial charge on any atom is 0.293 e. The molecule has 4 aromatic rings. The van der Waals surface area contributed by atoms with Crippen LogP contribution in [0.3, 0.4) is 0 Å². The Hall–Kier alpha value is -3.88. The molecule has 1 aliphatic rings. The van der Waals surface area contributed by atoms with Gasteiger partial charge in [0.2, 0.25) is 0 Å². The number of hydrogen-bond acceptors (Lipinski definition) is 5. The maximum atomic E-state index is 13.1. The Balaban J connectivity index is 1.47. The molecule has 0 bridgehead atoms. The molecular weight excluding hydrogens is 486 g/mol. The van der Waals surface area contributed by atoms with E-state index in [9.17, 15) is 19.7 Å². The van der Waals surface area contributed by atoms with E-state index in [0.717, 1.165) is 38.7 Å². The van der Waals surface area contributed by atoms with E-state index in [4.69, 9.17) is 11.6 Å². The molecule has 1 saturated heterocycles. The maximum absolute atomic E-state index is 13.1. The van der Waals surface area contributed by atoms with Gasteiger partial charge in [-0.15, -0.1) is 0 Å². The molecule has 2 heterocycles. The number of fused-ring (bicyclic) bond motifs is 1. The van der Waals surface area contributed by atoms with Crippen molar-refractivity contribution in [3.63, 3.8) is 0 Å². The van der Waals surface area contributed by atoms with Gasteiger partial charge in [0.05, 0.1) is 16.4 Å². The van der Waals surface area contributed by atoms with Crippen LogP contribution in [-0.2, 0) is 17.9 Å². The number of para-hydroxylation sites is 2. The first-order valence-electron chi connectivity index (χ1n) is 10.7. The number of nitro benzene ring substituents is 1. The third-order valence-corrected chi connectivity index (χ3v) is 7.07. The lowest BCUT2D eigenvalue weighted by Gasteiger charge is -2.12. The molecule has 3 aromatic carbocycles. The number of benzene rings is 3. The van der Waals surface area contributed by atoms with Crippen molar-refractivity contribution >= 4 is 57.2 Å². The molecule has 9 heteroatoms. The number of nitrogens with zero attached hydrogens (tertiary/aromatic N) is 3. The fraction of sp³-hybridized carbons (Fsp3) is 0.0769. The number of aromatic nitrogens is 1. The zero-order valence-corrected chi connectivity index (χ0v) is 19.8. The van der Waals surface area contributed by atoms with Gasteiger partial charge in [-0.3, -0.25) is 24.6 Å². The first-order chi connectivity index (χ1) is 16.9. The molecule has 0 aliphatic carbocycles. The Morgan fingerprint density at radius 2 is 1.60 bits per heavy atom. The van der Waals surface area contributed by atoms with Crippen LogP contribution in [0, 0.1) is 10.1 Å². The minimum Gasteiger partial charge on any atom is -0.342 e. The molecular formula is C26H18ClN3O4S. The first-order valence-corrected chi connectivity index (χ1v) is 11.9. The summed E-state index contributed by atoms with van der Waals surface area (Å²) in [6.07, 6.45) is 3.64.